The van der Waals surface area contributed by atoms with Gasteiger partial charge in [-0.25, -0.2) is 0 Å². The molecule has 0 aliphatic rings. The van der Waals surface area contributed by atoms with E-state index in [9.17, 15) is 13.2 Å². The van der Waals surface area contributed by atoms with Crippen LogP contribution in [0.1, 0.15) is 25.5 Å². The lowest BCUT2D eigenvalue weighted by molar-refractivity contribution is -0.192. The van der Waals surface area contributed by atoms with Gasteiger partial charge in [-0.05, 0) is 18.5 Å². The molecule has 0 radical (unpaired) electrons. The Morgan fingerprint density at radius 2 is 1.74 bits per heavy atom. The molecule has 0 heterocycles. The molecule has 0 bridgehead atoms. The molecule has 1 aromatic rings. The lowest BCUT2D eigenvalue weighted by Gasteiger charge is -2.30. The summed E-state index contributed by atoms with van der Waals surface area (Å²) in [5, 5.41) is 3.04. The molecule has 0 aliphatic heterocycles. The third kappa shape index (κ3) is 5.20. The highest BCUT2D eigenvalue weighted by Crippen LogP contribution is 2.26. The monoisotopic (exact) mass is 275 g/mol. The van der Waals surface area contributed by atoms with Crippen molar-refractivity contribution in [2.24, 2.45) is 5.92 Å². The first kappa shape index (κ1) is 16.0. The van der Waals surface area contributed by atoms with Crippen molar-refractivity contribution in [2.45, 2.75) is 32.2 Å². The van der Waals surface area contributed by atoms with Crippen LogP contribution in [0.2, 0.25) is 0 Å². The average molecular weight is 275 g/mol. The fourth-order valence-corrected chi connectivity index (χ4v) is 2.05. The van der Waals surface area contributed by atoms with Crippen molar-refractivity contribution in [2.75, 3.05) is 13.7 Å². The quantitative estimate of drug-likeness (QED) is 0.857. The van der Waals surface area contributed by atoms with Crippen molar-refractivity contribution in [1.82, 2.24) is 5.32 Å². The minimum atomic E-state index is -4.30. The molecule has 0 aromatic heterocycles. The predicted octanol–water partition coefficient (Wildman–Crippen LogP) is 3.55. The molecule has 108 valence electrons. The van der Waals surface area contributed by atoms with Crippen LogP contribution in [0.25, 0.3) is 0 Å². The van der Waals surface area contributed by atoms with E-state index in [1.165, 1.54) is 0 Å². The molecule has 1 rings (SSSR count). The van der Waals surface area contributed by atoms with E-state index in [2.05, 4.69) is 5.32 Å². The zero-order chi connectivity index (χ0) is 14.5. The van der Waals surface area contributed by atoms with Gasteiger partial charge in [0.1, 0.15) is 6.61 Å². The zero-order valence-corrected chi connectivity index (χ0v) is 11.4. The Bertz CT molecular complexity index is 365. The Morgan fingerprint density at radius 1 is 1.16 bits per heavy atom. The molecule has 2 nitrogen and oxygen atoms in total. The first-order chi connectivity index (χ1) is 8.85. The van der Waals surface area contributed by atoms with Gasteiger partial charge in [-0.3, -0.25) is 0 Å². The summed E-state index contributed by atoms with van der Waals surface area (Å²) in [6.07, 6.45) is -4.84. The van der Waals surface area contributed by atoms with Gasteiger partial charge < -0.3 is 10.1 Å². The van der Waals surface area contributed by atoms with Crippen molar-refractivity contribution in [3.63, 3.8) is 0 Å². The molecule has 1 N–H and O–H groups in total. The van der Waals surface area contributed by atoms with E-state index in [4.69, 9.17) is 4.74 Å². The van der Waals surface area contributed by atoms with Crippen molar-refractivity contribution in [3.8, 4) is 0 Å². The van der Waals surface area contributed by atoms with E-state index in [-0.39, 0.29) is 12.0 Å². The number of alkyl halides is 3. The van der Waals surface area contributed by atoms with Gasteiger partial charge in [-0.2, -0.15) is 13.2 Å². The predicted molar refractivity (Wildman–Crippen MR) is 68.9 cm³/mol. The third-order valence-electron chi connectivity index (χ3n) is 2.89. The number of rotatable bonds is 6. The molecule has 2 unspecified atom stereocenters. The maximum absolute atomic E-state index is 12.3. The third-order valence-corrected chi connectivity index (χ3v) is 2.89. The molecule has 0 spiro atoms. The second kappa shape index (κ2) is 6.91. The van der Waals surface area contributed by atoms with Gasteiger partial charge in [0.05, 0.1) is 12.1 Å². The molecule has 5 heteroatoms. The lowest BCUT2D eigenvalue weighted by atomic mass is 9.93. The van der Waals surface area contributed by atoms with Crippen molar-refractivity contribution < 1.29 is 17.9 Å². The Kier molecular flexibility index (Phi) is 5.82. The number of hydrogen-bond acceptors (Lipinski definition) is 2. The largest absolute Gasteiger partial charge is 0.411 e. The van der Waals surface area contributed by atoms with Gasteiger partial charge in [-0.1, -0.05) is 44.2 Å². The van der Waals surface area contributed by atoms with E-state index >= 15 is 0 Å². The van der Waals surface area contributed by atoms with Crippen LogP contribution in [0, 0.1) is 5.92 Å². The second-order valence-corrected chi connectivity index (χ2v) is 4.81. The van der Waals surface area contributed by atoms with Crippen molar-refractivity contribution in [1.29, 1.82) is 0 Å². The maximum Gasteiger partial charge on any atom is 0.411 e. The molecule has 0 aliphatic carbocycles. The van der Waals surface area contributed by atoms with Crippen LogP contribution in [-0.4, -0.2) is 25.9 Å². The number of hydrogen-bond donors (Lipinski definition) is 1. The van der Waals surface area contributed by atoms with Crippen molar-refractivity contribution in [3.05, 3.63) is 35.9 Å². The minimum Gasteiger partial charge on any atom is -0.367 e. The van der Waals surface area contributed by atoms with Crippen LogP contribution in [-0.2, 0) is 4.74 Å². The zero-order valence-electron chi connectivity index (χ0n) is 11.4. The normalized spacial score (nSPS) is 15.5. The topological polar surface area (TPSA) is 21.3 Å². The number of benzene rings is 1. The maximum atomic E-state index is 12.3. The fraction of sp³-hybridized carbons (Fsp3) is 0.571. The van der Waals surface area contributed by atoms with Gasteiger partial charge >= 0.3 is 6.18 Å². The van der Waals surface area contributed by atoms with E-state index in [1.54, 1.807) is 7.05 Å². The Hall–Kier alpha value is -1.07. The van der Waals surface area contributed by atoms with Crippen molar-refractivity contribution >= 4 is 0 Å². The number of ether oxygens (including phenoxy) is 1. The summed E-state index contributed by atoms with van der Waals surface area (Å²) >= 11 is 0. The van der Waals surface area contributed by atoms with Gasteiger partial charge in [0.15, 0.2) is 0 Å². The molecular weight excluding hydrogens is 255 g/mol. The summed E-state index contributed by atoms with van der Waals surface area (Å²) in [5.41, 5.74) is 0.922. The first-order valence-electron chi connectivity index (χ1n) is 6.25. The lowest BCUT2D eigenvalue weighted by Crippen LogP contribution is -2.37. The highest BCUT2D eigenvalue weighted by Gasteiger charge is 2.33. The molecule has 0 saturated heterocycles. The number of halogens is 3. The molecule has 0 amide bonds. The second-order valence-electron chi connectivity index (χ2n) is 4.81. The van der Waals surface area contributed by atoms with Crippen LogP contribution in [0.5, 0.6) is 0 Å². The van der Waals surface area contributed by atoms with E-state index < -0.39 is 18.9 Å². The summed E-state index contributed by atoms with van der Waals surface area (Å²) in [6.45, 7) is 2.49. The van der Waals surface area contributed by atoms with Crippen LogP contribution in [0.15, 0.2) is 30.3 Å². The van der Waals surface area contributed by atoms with E-state index in [0.29, 0.717) is 0 Å². The summed E-state index contributed by atoms with van der Waals surface area (Å²) < 4.78 is 42.0. The van der Waals surface area contributed by atoms with Gasteiger partial charge in [-0.15, -0.1) is 0 Å². The molecule has 2 atom stereocenters. The number of likely N-dealkylation sites (N-methyl/N-ethyl adjacent to an activating group) is 1. The SMILES string of the molecule is CNC(c1ccccc1)C(OCC(F)(F)F)C(C)C. The Morgan fingerprint density at radius 3 is 2.16 bits per heavy atom. The van der Waals surface area contributed by atoms with Gasteiger partial charge in [0.25, 0.3) is 0 Å². The first-order valence-corrected chi connectivity index (χ1v) is 6.25. The number of nitrogens with one attached hydrogen (secondary N) is 1. The summed E-state index contributed by atoms with van der Waals surface area (Å²) in [7, 11) is 1.73. The molecule has 0 fully saturated rings. The van der Waals surface area contributed by atoms with E-state index in [0.717, 1.165) is 5.56 Å². The smallest absolute Gasteiger partial charge is 0.367 e. The minimum absolute atomic E-state index is 0.0278. The van der Waals surface area contributed by atoms with Crippen LogP contribution >= 0.6 is 0 Å². The molecule has 0 saturated carbocycles. The summed E-state index contributed by atoms with van der Waals surface area (Å²) in [6, 6.07) is 9.10. The standard InChI is InChI=1S/C14H20F3NO/c1-10(2)13(19-9-14(15,16)17)12(18-3)11-7-5-4-6-8-11/h4-8,10,12-13,18H,9H2,1-3H3. The molecule has 19 heavy (non-hydrogen) atoms. The Labute approximate surface area is 112 Å². The van der Waals surface area contributed by atoms with Crippen LogP contribution in [0.3, 0.4) is 0 Å². The highest BCUT2D eigenvalue weighted by molar-refractivity contribution is 5.20. The average Bonchev–Trinajstić information content (AvgIpc) is 2.33. The molecule has 1 aromatic carbocycles. The molecular formula is C14H20F3NO. The van der Waals surface area contributed by atoms with Gasteiger partial charge in [0.2, 0.25) is 0 Å². The van der Waals surface area contributed by atoms with Crippen LogP contribution < -0.4 is 5.32 Å². The summed E-state index contributed by atoms with van der Waals surface area (Å²) in [5.74, 6) is -0.0278. The van der Waals surface area contributed by atoms with E-state index in [1.807, 2.05) is 44.2 Å². The summed E-state index contributed by atoms with van der Waals surface area (Å²) in [4.78, 5) is 0. The highest BCUT2D eigenvalue weighted by atomic mass is 19.4. The Balaban J connectivity index is 2.84. The fourth-order valence-electron chi connectivity index (χ4n) is 2.05. The van der Waals surface area contributed by atoms with Crippen LogP contribution in [0.4, 0.5) is 13.2 Å². The van der Waals surface area contributed by atoms with Gasteiger partial charge in [0, 0.05) is 0 Å².